The average Bonchev–Trinajstić information content (AvgIpc) is 2.35. The second-order valence-electron chi connectivity index (χ2n) is 4.21. The third-order valence-corrected chi connectivity index (χ3v) is 4.03. The summed E-state index contributed by atoms with van der Waals surface area (Å²) in [5, 5.41) is 13.2. The Morgan fingerprint density at radius 2 is 2.12 bits per heavy atom. The van der Waals surface area contributed by atoms with Crippen LogP contribution in [0.25, 0.3) is 0 Å². The zero-order chi connectivity index (χ0) is 12.9. The van der Waals surface area contributed by atoms with Gasteiger partial charge < -0.3 is 10.4 Å². The fraction of sp³-hybridized carbons (Fsp3) is 0.583. The molecule has 1 heterocycles. The highest BCUT2D eigenvalue weighted by molar-refractivity contribution is 9.10. The van der Waals surface area contributed by atoms with E-state index in [1.165, 1.54) is 0 Å². The molecule has 0 fully saturated rings. The molecule has 5 heteroatoms. The van der Waals surface area contributed by atoms with E-state index in [1.54, 1.807) is 6.20 Å². The molecule has 0 spiro atoms. The number of nitrogens with zero attached hydrogens (tertiary/aromatic N) is 1. The zero-order valence-corrected chi connectivity index (χ0v) is 12.5. The minimum Gasteiger partial charge on any atom is -0.396 e. The number of rotatable bonds is 6. The number of halogens is 2. The van der Waals surface area contributed by atoms with Crippen molar-refractivity contribution in [3.8, 4) is 0 Å². The first-order chi connectivity index (χ1) is 8.06. The summed E-state index contributed by atoms with van der Waals surface area (Å²) in [5.74, 6) is 0. The maximum atomic E-state index is 9.48. The van der Waals surface area contributed by atoms with Gasteiger partial charge in [-0.25, -0.2) is 4.98 Å². The van der Waals surface area contributed by atoms with Gasteiger partial charge in [0.05, 0.1) is 12.3 Å². The molecule has 0 saturated heterocycles. The van der Waals surface area contributed by atoms with Gasteiger partial charge in [0.25, 0.3) is 0 Å². The molecule has 3 nitrogen and oxygen atoms in total. The van der Waals surface area contributed by atoms with Crippen molar-refractivity contribution in [2.45, 2.75) is 26.7 Å². The van der Waals surface area contributed by atoms with Gasteiger partial charge in [0, 0.05) is 22.6 Å². The Bertz CT molecular complexity index is 361. The van der Waals surface area contributed by atoms with E-state index in [0.717, 1.165) is 23.0 Å². The topological polar surface area (TPSA) is 45.1 Å². The van der Waals surface area contributed by atoms with E-state index in [-0.39, 0.29) is 12.0 Å². The first kappa shape index (κ1) is 14.7. The normalized spacial score (nSPS) is 11.6. The van der Waals surface area contributed by atoms with E-state index in [2.05, 4.69) is 40.1 Å². The monoisotopic (exact) mass is 320 g/mol. The van der Waals surface area contributed by atoms with E-state index in [9.17, 15) is 5.11 Å². The van der Waals surface area contributed by atoms with Crippen LogP contribution >= 0.6 is 27.5 Å². The number of aliphatic hydroxyl groups excluding tert-OH is 1. The standard InChI is InChI=1S/C12H18BrClN2O/c1-3-12(4-2,8-17)7-16-10-5-9(13)6-15-11(10)14/h5-6,16-17H,3-4,7-8H2,1-2H3. The molecule has 17 heavy (non-hydrogen) atoms. The molecule has 0 radical (unpaired) electrons. The van der Waals surface area contributed by atoms with Crippen LogP contribution in [0.1, 0.15) is 26.7 Å². The van der Waals surface area contributed by atoms with Crippen molar-refractivity contribution in [3.05, 3.63) is 21.9 Å². The molecule has 0 atom stereocenters. The molecule has 0 saturated carbocycles. The molecule has 96 valence electrons. The molecule has 2 N–H and O–H groups in total. The average molecular weight is 322 g/mol. The maximum absolute atomic E-state index is 9.48. The number of hydrogen-bond donors (Lipinski definition) is 2. The molecule has 1 aromatic heterocycles. The van der Waals surface area contributed by atoms with E-state index in [4.69, 9.17) is 11.6 Å². The summed E-state index contributed by atoms with van der Waals surface area (Å²) >= 11 is 9.36. The highest BCUT2D eigenvalue weighted by Gasteiger charge is 2.25. The van der Waals surface area contributed by atoms with Crippen LogP contribution in [0.3, 0.4) is 0 Å². The van der Waals surface area contributed by atoms with E-state index in [1.807, 2.05) is 6.07 Å². The van der Waals surface area contributed by atoms with Crippen molar-refractivity contribution >= 4 is 33.2 Å². The summed E-state index contributed by atoms with van der Waals surface area (Å²) in [4.78, 5) is 4.05. The Hall–Kier alpha value is -0.320. The lowest BCUT2D eigenvalue weighted by Gasteiger charge is -2.30. The Balaban J connectivity index is 2.75. The molecular weight excluding hydrogens is 304 g/mol. The molecule has 0 aliphatic heterocycles. The predicted octanol–water partition coefficient (Wildman–Crippen LogP) is 3.71. The second kappa shape index (κ2) is 6.57. The summed E-state index contributed by atoms with van der Waals surface area (Å²) in [6, 6.07) is 1.89. The smallest absolute Gasteiger partial charge is 0.152 e. The van der Waals surface area contributed by atoms with Crippen molar-refractivity contribution in [2.75, 3.05) is 18.5 Å². The van der Waals surface area contributed by atoms with Gasteiger partial charge in [-0.2, -0.15) is 0 Å². The highest BCUT2D eigenvalue weighted by atomic mass is 79.9. The van der Waals surface area contributed by atoms with Crippen molar-refractivity contribution in [1.82, 2.24) is 4.98 Å². The lowest BCUT2D eigenvalue weighted by molar-refractivity contribution is 0.127. The van der Waals surface area contributed by atoms with Crippen LogP contribution in [0.5, 0.6) is 0 Å². The molecule has 0 aromatic carbocycles. The number of anilines is 1. The van der Waals surface area contributed by atoms with Crippen LogP contribution in [0.4, 0.5) is 5.69 Å². The zero-order valence-electron chi connectivity index (χ0n) is 10.1. The van der Waals surface area contributed by atoms with Crippen LogP contribution in [-0.2, 0) is 0 Å². The Morgan fingerprint density at radius 1 is 1.47 bits per heavy atom. The lowest BCUT2D eigenvalue weighted by atomic mass is 9.83. The molecule has 0 unspecified atom stereocenters. The molecule has 0 aliphatic rings. The SMILES string of the molecule is CCC(CC)(CO)CNc1cc(Br)cnc1Cl. The molecule has 1 aromatic rings. The number of pyridine rings is 1. The lowest BCUT2D eigenvalue weighted by Crippen LogP contribution is -2.32. The predicted molar refractivity (Wildman–Crippen MR) is 75.5 cm³/mol. The molecule has 1 rings (SSSR count). The molecular formula is C12H18BrClN2O. The molecule has 0 bridgehead atoms. The van der Waals surface area contributed by atoms with Gasteiger partial charge >= 0.3 is 0 Å². The first-order valence-corrected chi connectivity index (χ1v) is 6.89. The third kappa shape index (κ3) is 3.83. The Labute approximate surface area is 116 Å². The Morgan fingerprint density at radius 3 is 2.65 bits per heavy atom. The number of hydrogen-bond acceptors (Lipinski definition) is 3. The van der Waals surface area contributed by atoms with Gasteiger partial charge in [0.15, 0.2) is 5.15 Å². The van der Waals surface area contributed by atoms with E-state index >= 15 is 0 Å². The van der Waals surface area contributed by atoms with Gasteiger partial charge in [-0.15, -0.1) is 0 Å². The van der Waals surface area contributed by atoms with E-state index < -0.39 is 0 Å². The van der Waals surface area contributed by atoms with E-state index in [0.29, 0.717) is 11.7 Å². The number of aromatic nitrogens is 1. The minimum atomic E-state index is -0.0916. The van der Waals surface area contributed by atoms with Gasteiger partial charge in [0.1, 0.15) is 0 Å². The van der Waals surface area contributed by atoms with Crippen LogP contribution in [0.2, 0.25) is 5.15 Å². The summed E-state index contributed by atoms with van der Waals surface area (Å²) in [7, 11) is 0. The highest BCUT2D eigenvalue weighted by Crippen LogP contribution is 2.28. The van der Waals surface area contributed by atoms with Crippen LogP contribution in [0, 0.1) is 5.41 Å². The Kier molecular flexibility index (Phi) is 5.70. The fourth-order valence-electron chi connectivity index (χ4n) is 1.61. The maximum Gasteiger partial charge on any atom is 0.152 e. The fourth-order valence-corrected chi connectivity index (χ4v) is 2.11. The van der Waals surface area contributed by atoms with Gasteiger partial charge in [-0.1, -0.05) is 25.4 Å². The summed E-state index contributed by atoms with van der Waals surface area (Å²) in [6.45, 7) is 5.03. The summed E-state index contributed by atoms with van der Waals surface area (Å²) in [5.41, 5.74) is 0.701. The molecule has 0 aliphatic carbocycles. The summed E-state index contributed by atoms with van der Waals surface area (Å²) < 4.78 is 0.881. The second-order valence-corrected chi connectivity index (χ2v) is 5.48. The minimum absolute atomic E-state index is 0.0916. The largest absolute Gasteiger partial charge is 0.396 e. The van der Waals surface area contributed by atoms with Crippen LogP contribution in [0.15, 0.2) is 16.7 Å². The molecule has 0 amide bonds. The number of nitrogens with one attached hydrogen (secondary N) is 1. The van der Waals surface area contributed by atoms with Gasteiger partial charge in [-0.3, -0.25) is 0 Å². The summed E-state index contributed by atoms with van der Waals surface area (Å²) in [6.07, 6.45) is 3.50. The first-order valence-electron chi connectivity index (χ1n) is 5.72. The van der Waals surface area contributed by atoms with Crippen LogP contribution < -0.4 is 5.32 Å². The van der Waals surface area contributed by atoms with Crippen molar-refractivity contribution in [2.24, 2.45) is 5.41 Å². The van der Waals surface area contributed by atoms with Crippen molar-refractivity contribution in [3.63, 3.8) is 0 Å². The van der Waals surface area contributed by atoms with Gasteiger partial charge in [-0.05, 0) is 34.8 Å². The quantitative estimate of drug-likeness (QED) is 0.785. The third-order valence-electron chi connectivity index (χ3n) is 3.29. The van der Waals surface area contributed by atoms with Crippen molar-refractivity contribution < 1.29 is 5.11 Å². The van der Waals surface area contributed by atoms with Gasteiger partial charge in [0.2, 0.25) is 0 Å². The number of aliphatic hydroxyl groups is 1. The van der Waals surface area contributed by atoms with Crippen molar-refractivity contribution in [1.29, 1.82) is 0 Å². The van der Waals surface area contributed by atoms with Crippen LogP contribution in [-0.4, -0.2) is 23.2 Å².